The number of hydrogen-bond donors (Lipinski definition) is 1. The molecular weight excluding hydrogens is 902 g/mol. The summed E-state index contributed by atoms with van der Waals surface area (Å²) >= 11 is 0. The van der Waals surface area contributed by atoms with Gasteiger partial charge >= 0.3 is 0 Å². The van der Waals surface area contributed by atoms with Gasteiger partial charge in [-0.3, -0.25) is 9.55 Å². The predicted molar refractivity (Wildman–Crippen MR) is 242 cm³/mol. The largest absolute Gasteiger partial charge is 0.507 e. The normalized spacial score (nSPS) is 15.7. The van der Waals surface area contributed by atoms with E-state index in [4.69, 9.17) is 22.8 Å². The van der Waals surface area contributed by atoms with Gasteiger partial charge in [-0.15, -0.1) is 29.3 Å². The van der Waals surface area contributed by atoms with E-state index in [-0.39, 0.29) is 37.9 Å². The molecule has 0 aliphatic rings. The first kappa shape index (κ1) is 28.0. The molecule has 0 saturated carbocycles. The minimum atomic E-state index is -3.80. The Labute approximate surface area is 382 Å². The fourth-order valence-electron chi connectivity index (χ4n) is 7.31. The number of fused-ring (bicyclic) bond motifs is 1. The molecule has 1 N–H and O–H groups in total. The summed E-state index contributed by atoms with van der Waals surface area (Å²) in [5.74, 6) is 0.946. The molecule has 5 heteroatoms. The van der Waals surface area contributed by atoms with Crippen LogP contribution in [0.3, 0.4) is 0 Å². The van der Waals surface area contributed by atoms with Crippen LogP contribution in [0.5, 0.6) is 5.75 Å². The summed E-state index contributed by atoms with van der Waals surface area (Å²) in [5.41, 5.74) is 3.69. The zero-order chi connectivity index (χ0) is 51.7. The van der Waals surface area contributed by atoms with Crippen LogP contribution >= 0.6 is 0 Å². The smallest absolute Gasteiger partial charge is 0.148 e. The van der Waals surface area contributed by atoms with Crippen LogP contribution in [0, 0.1) is 12.0 Å². The number of para-hydroxylation sites is 2. The van der Waals surface area contributed by atoms with Crippen LogP contribution in [0.4, 0.5) is 0 Å². The quantitative estimate of drug-likeness (QED) is 0.154. The Morgan fingerprint density at radius 3 is 2.12 bits per heavy atom. The van der Waals surface area contributed by atoms with Crippen molar-refractivity contribution in [3.8, 4) is 67.5 Å². The summed E-state index contributed by atoms with van der Waals surface area (Å²) in [5, 5.41) is 11.3. The number of phenolic OH excluding ortho intramolecular Hbond substituents is 1. The Morgan fingerprint density at radius 2 is 1.41 bits per heavy atom. The maximum Gasteiger partial charge on any atom is 0.148 e. The molecule has 0 unspecified atom stereocenters. The average molecular weight is 967 g/mol. The summed E-state index contributed by atoms with van der Waals surface area (Å²) in [6.07, 6.45) is 2.23. The third-order valence-corrected chi connectivity index (χ3v) is 10.2. The summed E-state index contributed by atoms with van der Waals surface area (Å²) in [4.78, 5) is 9.97. The molecule has 0 amide bonds. The Morgan fingerprint density at radius 1 is 0.695 bits per heavy atom. The summed E-state index contributed by atoms with van der Waals surface area (Å²) in [6.45, 7) is -0.851. The number of aromatic hydroxyl groups is 1. The molecule has 8 rings (SSSR count). The predicted octanol–water partition coefficient (Wildman–Crippen LogP) is 14.1. The van der Waals surface area contributed by atoms with E-state index in [0.717, 1.165) is 45.4 Å². The number of hydrogen-bond acceptors (Lipinski definition) is 3. The Balaban J connectivity index is 0.00000760. The van der Waals surface area contributed by atoms with Gasteiger partial charge < -0.3 is 5.11 Å². The van der Waals surface area contributed by atoms with Crippen molar-refractivity contribution in [2.24, 2.45) is 5.92 Å². The van der Waals surface area contributed by atoms with Gasteiger partial charge in [0.1, 0.15) is 11.6 Å². The maximum absolute atomic E-state index is 11.3. The zero-order valence-corrected chi connectivity index (χ0v) is 35.7. The van der Waals surface area contributed by atoms with E-state index in [9.17, 15) is 5.11 Å². The molecule has 300 valence electrons. The second-order valence-corrected chi connectivity index (χ2v) is 16.1. The van der Waals surface area contributed by atoms with Crippen molar-refractivity contribution in [3.05, 3.63) is 168 Å². The molecule has 8 aromatic rings. The van der Waals surface area contributed by atoms with E-state index in [1.54, 1.807) is 12.1 Å². The second kappa shape index (κ2) is 16.6. The summed E-state index contributed by atoms with van der Waals surface area (Å²) < 4.78 is 112. The minimum Gasteiger partial charge on any atom is -0.507 e. The Kier molecular flexibility index (Phi) is 7.87. The molecule has 0 saturated heterocycles. The van der Waals surface area contributed by atoms with Gasteiger partial charge in [0.2, 0.25) is 0 Å². The van der Waals surface area contributed by atoms with Crippen molar-refractivity contribution in [2.75, 3.05) is 0 Å². The van der Waals surface area contributed by atoms with Gasteiger partial charge in [0, 0.05) is 51.0 Å². The van der Waals surface area contributed by atoms with Gasteiger partial charge in [-0.25, -0.2) is 4.98 Å². The van der Waals surface area contributed by atoms with E-state index in [0.29, 0.717) is 39.6 Å². The topological polar surface area (TPSA) is 50.9 Å². The van der Waals surface area contributed by atoms with Crippen LogP contribution in [-0.4, -0.2) is 19.6 Å². The van der Waals surface area contributed by atoms with Gasteiger partial charge in [-0.1, -0.05) is 157 Å². The number of rotatable bonds is 8. The van der Waals surface area contributed by atoms with Gasteiger partial charge in [-0.2, -0.15) is 0 Å². The van der Waals surface area contributed by atoms with Gasteiger partial charge in [0.15, 0.2) is 0 Å². The number of pyridine rings is 1. The first-order valence-corrected chi connectivity index (χ1v) is 19.3. The molecule has 2 aromatic heterocycles. The number of phenols is 1. The van der Waals surface area contributed by atoms with Crippen LogP contribution in [0.15, 0.2) is 146 Å². The first-order chi connectivity index (χ1) is 33.2. The first-order valence-electron chi connectivity index (χ1n) is 25.8. The molecular formula is C54H52N3OPt-. The molecule has 59 heavy (non-hydrogen) atoms. The molecule has 2 heterocycles. The maximum atomic E-state index is 11.3. The van der Waals surface area contributed by atoms with E-state index in [1.165, 1.54) is 18.3 Å². The molecule has 4 nitrogen and oxygen atoms in total. The molecule has 0 fully saturated rings. The molecule has 0 spiro atoms. The van der Waals surface area contributed by atoms with E-state index >= 15 is 0 Å². The van der Waals surface area contributed by atoms with Crippen molar-refractivity contribution in [1.29, 1.82) is 0 Å². The number of imidazole rings is 1. The van der Waals surface area contributed by atoms with Crippen molar-refractivity contribution < 1.29 is 44.0 Å². The average Bonchev–Trinajstić information content (AvgIpc) is 3.68. The molecule has 6 aromatic carbocycles. The zero-order valence-electron chi connectivity index (χ0n) is 46.4. The van der Waals surface area contributed by atoms with Crippen molar-refractivity contribution >= 4 is 11.0 Å². The fraction of sp³-hybridized carbons (Fsp3) is 0.222. The monoisotopic (exact) mass is 966 g/mol. The van der Waals surface area contributed by atoms with Crippen LogP contribution in [-0.2, 0) is 38.3 Å². The SMILES string of the molecule is [2H]c1c([2H])c(C(C([2H])([2H])[2H])(C([2H])([2H])[2H])C([2H])([2H])[2H])c([2H])c([2H])c1-c1ccnc(-c2[c-]c(-c3cccc4c3nc(-c3ccccc3O)n4-c3ccc(-c4ccccc4)c(CC(C)C)c3)cc(C(C)(C)C)c2)c1.[Pt]. The third-order valence-electron chi connectivity index (χ3n) is 10.2. The fourth-order valence-corrected chi connectivity index (χ4v) is 7.31. The number of benzene rings is 6. The van der Waals surface area contributed by atoms with Gasteiger partial charge in [0.05, 0.1) is 22.1 Å². The second-order valence-electron chi connectivity index (χ2n) is 16.1. The molecule has 0 aliphatic carbocycles. The van der Waals surface area contributed by atoms with Gasteiger partial charge in [0.25, 0.3) is 0 Å². The van der Waals surface area contributed by atoms with Crippen LogP contribution in [0.2, 0.25) is 0 Å². The van der Waals surface area contributed by atoms with Crippen LogP contribution in [0.1, 0.15) is 89.7 Å². The minimum absolute atomic E-state index is 0. The Hall–Kier alpha value is -5.57. The molecule has 0 bridgehead atoms. The van der Waals surface area contributed by atoms with E-state index < -0.39 is 61.1 Å². The summed E-state index contributed by atoms with van der Waals surface area (Å²) in [7, 11) is 0. The number of nitrogens with zero attached hydrogens (tertiary/aromatic N) is 3. The molecule has 0 radical (unpaired) electrons. The number of aromatic nitrogens is 3. The van der Waals surface area contributed by atoms with Crippen molar-refractivity contribution in [1.82, 2.24) is 14.5 Å². The van der Waals surface area contributed by atoms with Gasteiger partial charge in [-0.05, 0) is 92.9 Å². The van der Waals surface area contributed by atoms with Crippen LogP contribution < -0.4 is 0 Å². The van der Waals surface area contributed by atoms with Crippen LogP contribution in [0.25, 0.3) is 72.7 Å². The van der Waals surface area contributed by atoms with E-state index in [2.05, 4.69) is 80.6 Å². The molecule has 0 aliphatic heterocycles. The molecule has 0 atom stereocenters. The van der Waals surface area contributed by atoms with E-state index in [1.807, 2.05) is 60.7 Å². The van der Waals surface area contributed by atoms with Crippen molar-refractivity contribution in [2.45, 2.75) is 72.4 Å². The third kappa shape index (κ3) is 8.61. The standard InChI is InChI=1S/C54H52N3O.Pt/c1-35(2)29-39-33-44(25-26-45(39)37-15-10-9-11-16-37)57-49-19-14-18-46(51(49)56-52(57)47-17-12-13-20-50(47)58)40-30-41(32-43(31-40)54(6,7)8)48-34-38(27-28-55-48)36-21-23-42(24-22-36)53(3,4)5;/h9-28,31-35,58H,29H2,1-8H3;/q-1;/i3D3,4D3,5D3,21D,22D,23D,24D;. The van der Waals surface area contributed by atoms with Crippen molar-refractivity contribution in [3.63, 3.8) is 0 Å². The summed E-state index contributed by atoms with van der Waals surface area (Å²) in [6, 6.07) is 36.3. The Bertz CT molecular complexity index is 3270.